The van der Waals surface area contributed by atoms with Gasteiger partial charge in [-0.05, 0) is 18.2 Å². The summed E-state index contributed by atoms with van der Waals surface area (Å²) in [7, 11) is 1.90. The number of hydrogen-bond acceptors (Lipinski definition) is 2. The molecule has 0 bridgehead atoms. The Balaban J connectivity index is 1.94. The molecular weight excluding hydrogens is 333 g/mol. The lowest BCUT2D eigenvalue weighted by Gasteiger charge is -2.12. The molecule has 21 heavy (non-hydrogen) atoms. The molecule has 0 aliphatic heterocycles. The third kappa shape index (κ3) is 2.71. The predicted octanol–water partition coefficient (Wildman–Crippen LogP) is 3.72. The summed E-state index contributed by atoms with van der Waals surface area (Å²) >= 11 is 3.25. The normalized spacial score (nSPS) is 12.8. The van der Waals surface area contributed by atoms with Crippen LogP contribution >= 0.6 is 15.9 Å². The van der Waals surface area contributed by atoms with E-state index in [1.807, 2.05) is 36.0 Å². The molecular formula is C16H15BrFN3. The maximum Gasteiger partial charge on any atom is 0.129 e. The van der Waals surface area contributed by atoms with Crippen molar-refractivity contribution in [2.75, 3.05) is 0 Å². The summed E-state index contributed by atoms with van der Waals surface area (Å²) in [4.78, 5) is 0. The minimum Gasteiger partial charge on any atom is -0.324 e. The van der Waals surface area contributed by atoms with Gasteiger partial charge in [-0.1, -0.05) is 40.2 Å². The summed E-state index contributed by atoms with van der Waals surface area (Å²) < 4.78 is 16.5. The van der Waals surface area contributed by atoms with Crippen LogP contribution in [0.1, 0.15) is 17.3 Å². The predicted molar refractivity (Wildman–Crippen MR) is 85.4 cm³/mol. The number of para-hydroxylation sites is 1. The fraction of sp³-hybridized carbons (Fsp3) is 0.188. The van der Waals surface area contributed by atoms with Crippen molar-refractivity contribution in [3.63, 3.8) is 0 Å². The molecule has 0 saturated heterocycles. The molecule has 1 aromatic heterocycles. The van der Waals surface area contributed by atoms with E-state index < -0.39 is 6.04 Å². The summed E-state index contributed by atoms with van der Waals surface area (Å²) in [5.41, 5.74) is 8.62. The van der Waals surface area contributed by atoms with Crippen molar-refractivity contribution in [1.82, 2.24) is 9.78 Å². The SMILES string of the molecule is Cn1nc(CC(N)c2ccc(Br)cc2F)c2ccccc21. The summed E-state index contributed by atoms with van der Waals surface area (Å²) in [6.45, 7) is 0. The van der Waals surface area contributed by atoms with Gasteiger partial charge in [0.15, 0.2) is 0 Å². The first-order chi connectivity index (χ1) is 10.1. The van der Waals surface area contributed by atoms with Gasteiger partial charge in [-0.2, -0.15) is 5.10 Å². The van der Waals surface area contributed by atoms with E-state index in [4.69, 9.17) is 5.73 Å². The van der Waals surface area contributed by atoms with Crippen molar-refractivity contribution < 1.29 is 4.39 Å². The smallest absolute Gasteiger partial charge is 0.129 e. The van der Waals surface area contributed by atoms with Gasteiger partial charge in [-0.3, -0.25) is 4.68 Å². The Bertz CT molecular complexity index is 797. The first-order valence-electron chi connectivity index (χ1n) is 6.67. The van der Waals surface area contributed by atoms with E-state index in [0.29, 0.717) is 16.5 Å². The molecule has 2 N–H and O–H groups in total. The quantitative estimate of drug-likeness (QED) is 0.784. The van der Waals surface area contributed by atoms with Crippen LogP contribution in [0, 0.1) is 5.82 Å². The second-order valence-corrected chi connectivity index (χ2v) is 5.98. The number of halogens is 2. The van der Waals surface area contributed by atoms with E-state index in [9.17, 15) is 4.39 Å². The Kier molecular flexibility index (Phi) is 3.78. The first-order valence-corrected chi connectivity index (χ1v) is 7.46. The molecule has 5 heteroatoms. The number of benzene rings is 2. The van der Waals surface area contributed by atoms with Crippen LogP contribution in [-0.2, 0) is 13.5 Å². The van der Waals surface area contributed by atoms with Crippen LogP contribution in [0.15, 0.2) is 46.9 Å². The topological polar surface area (TPSA) is 43.8 Å². The van der Waals surface area contributed by atoms with Crippen LogP contribution in [-0.4, -0.2) is 9.78 Å². The van der Waals surface area contributed by atoms with E-state index >= 15 is 0 Å². The summed E-state index contributed by atoms with van der Waals surface area (Å²) in [6.07, 6.45) is 0.500. The number of aromatic nitrogens is 2. The Morgan fingerprint density at radius 1 is 1.29 bits per heavy atom. The van der Waals surface area contributed by atoms with E-state index in [0.717, 1.165) is 16.6 Å². The minimum absolute atomic E-state index is 0.294. The van der Waals surface area contributed by atoms with Crippen molar-refractivity contribution in [3.05, 3.63) is 64.0 Å². The number of fused-ring (bicyclic) bond motifs is 1. The van der Waals surface area contributed by atoms with Crippen molar-refractivity contribution in [2.24, 2.45) is 12.8 Å². The zero-order valence-electron chi connectivity index (χ0n) is 11.6. The minimum atomic E-state index is -0.420. The van der Waals surface area contributed by atoms with Crippen LogP contribution in [0.3, 0.4) is 0 Å². The Morgan fingerprint density at radius 2 is 2.05 bits per heavy atom. The molecule has 3 nitrogen and oxygen atoms in total. The maximum absolute atomic E-state index is 14.0. The number of aryl methyl sites for hydroxylation is 1. The second-order valence-electron chi connectivity index (χ2n) is 5.06. The highest BCUT2D eigenvalue weighted by Gasteiger charge is 2.16. The average Bonchev–Trinajstić information content (AvgIpc) is 2.76. The Morgan fingerprint density at radius 3 is 2.81 bits per heavy atom. The standard InChI is InChI=1S/C16H15BrFN3/c1-21-16-5-3-2-4-12(16)15(20-21)9-14(19)11-7-6-10(17)8-13(11)18/h2-8,14H,9,19H2,1H3. The molecule has 0 aliphatic carbocycles. The first kappa shape index (κ1) is 14.2. The average molecular weight is 348 g/mol. The monoisotopic (exact) mass is 347 g/mol. The second kappa shape index (κ2) is 5.58. The molecule has 3 aromatic rings. The van der Waals surface area contributed by atoms with Crippen LogP contribution in [0.25, 0.3) is 10.9 Å². The van der Waals surface area contributed by atoms with Crippen LogP contribution in [0.2, 0.25) is 0 Å². The highest BCUT2D eigenvalue weighted by atomic mass is 79.9. The third-order valence-corrected chi connectivity index (χ3v) is 4.10. The summed E-state index contributed by atoms with van der Waals surface area (Å²) in [5, 5.41) is 5.57. The van der Waals surface area contributed by atoms with Gasteiger partial charge in [0.1, 0.15) is 5.82 Å². The summed E-state index contributed by atoms with van der Waals surface area (Å²) in [6, 6.07) is 12.5. The molecule has 1 heterocycles. The molecule has 0 aliphatic rings. The lowest BCUT2D eigenvalue weighted by Crippen LogP contribution is -2.15. The van der Waals surface area contributed by atoms with Gasteiger partial charge >= 0.3 is 0 Å². The molecule has 1 atom stereocenters. The zero-order valence-corrected chi connectivity index (χ0v) is 13.1. The van der Waals surface area contributed by atoms with Crippen molar-refractivity contribution in [1.29, 1.82) is 0 Å². The fourth-order valence-corrected chi connectivity index (χ4v) is 2.89. The molecule has 0 spiro atoms. The van der Waals surface area contributed by atoms with Gasteiger partial charge in [0.25, 0.3) is 0 Å². The lowest BCUT2D eigenvalue weighted by molar-refractivity contribution is 0.575. The van der Waals surface area contributed by atoms with E-state index in [-0.39, 0.29) is 5.82 Å². The highest BCUT2D eigenvalue weighted by Crippen LogP contribution is 2.25. The zero-order chi connectivity index (χ0) is 15.0. The van der Waals surface area contributed by atoms with E-state index in [1.54, 1.807) is 12.1 Å². The molecule has 3 rings (SSSR count). The van der Waals surface area contributed by atoms with E-state index in [1.165, 1.54) is 6.07 Å². The van der Waals surface area contributed by atoms with E-state index in [2.05, 4.69) is 21.0 Å². The van der Waals surface area contributed by atoms with Gasteiger partial charge < -0.3 is 5.73 Å². The number of nitrogens with zero attached hydrogens (tertiary/aromatic N) is 2. The fourth-order valence-electron chi connectivity index (χ4n) is 2.56. The number of hydrogen-bond donors (Lipinski definition) is 1. The third-order valence-electron chi connectivity index (χ3n) is 3.61. The van der Waals surface area contributed by atoms with Crippen LogP contribution < -0.4 is 5.73 Å². The van der Waals surface area contributed by atoms with Crippen LogP contribution in [0.4, 0.5) is 4.39 Å². The van der Waals surface area contributed by atoms with Crippen molar-refractivity contribution in [3.8, 4) is 0 Å². The van der Waals surface area contributed by atoms with Gasteiger partial charge in [0, 0.05) is 34.9 Å². The van der Waals surface area contributed by atoms with Gasteiger partial charge in [-0.15, -0.1) is 0 Å². The van der Waals surface area contributed by atoms with Crippen molar-refractivity contribution in [2.45, 2.75) is 12.5 Å². The van der Waals surface area contributed by atoms with Crippen molar-refractivity contribution >= 4 is 26.8 Å². The number of rotatable bonds is 3. The molecule has 0 fully saturated rings. The molecule has 108 valence electrons. The Hall–Kier alpha value is -1.72. The molecule has 0 radical (unpaired) electrons. The van der Waals surface area contributed by atoms with Gasteiger partial charge in [0.05, 0.1) is 11.2 Å². The van der Waals surface area contributed by atoms with Crippen LogP contribution in [0.5, 0.6) is 0 Å². The largest absolute Gasteiger partial charge is 0.324 e. The number of nitrogens with two attached hydrogens (primary N) is 1. The molecule has 0 saturated carbocycles. The maximum atomic E-state index is 14.0. The molecule has 2 aromatic carbocycles. The molecule has 0 amide bonds. The summed E-state index contributed by atoms with van der Waals surface area (Å²) in [5.74, 6) is -0.294. The van der Waals surface area contributed by atoms with Gasteiger partial charge in [0.2, 0.25) is 0 Å². The van der Waals surface area contributed by atoms with Gasteiger partial charge in [-0.25, -0.2) is 4.39 Å². The molecule has 1 unspecified atom stereocenters. The Labute approximate surface area is 130 Å². The lowest BCUT2D eigenvalue weighted by atomic mass is 10.0. The highest BCUT2D eigenvalue weighted by molar-refractivity contribution is 9.10.